The molecule has 0 unspecified atom stereocenters. The highest BCUT2D eigenvalue weighted by atomic mass is 16.5. The zero-order valence-corrected chi connectivity index (χ0v) is 15.7. The van der Waals surface area contributed by atoms with E-state index in [1.165, 1.54) is 44.1 Å². The third kappa shape index (κ3) is 5.07. The molecule has 3 atom stereocenters. The number of aryl methyl sites for hydroxylation is 1. The van der Waals surface area contributed by atoms with Crippen molar-refractivity contribution in [1.29, 1.82) is 0 Å². The van der Waals surface area contributed by atoms with Gasteiger partial charge in [0, 0.05) is 12.6 Å². The van der Waals surface area contributed by atoms with Crippen LogP contribution in [-0.4, -0.2) is 36.6 Å². The van der Waals surface area contributed by atoms with Crippen molar-refractivity contribution < 1.29 is 9.53 Å². The van der Waals surface area contributed by atoms with Gasteiger partial charge in [-0.3, -0.25) is 9.69 Å². The number of hydrogen-bond acceptors (Lipinski definition) is 3. The fraction of sp³-hybridized carbons (Fsp3) is 0.682. The van der Waals surface area contributed by atoms with Gasteiger partial charge < -0.3 is 4.74 Å². The minimum Gasteiger partial charge on any atom is -0.466 e. The average Bonchev–Trinajstić information content (AvgIpc) is 2.88. The molecule has 3 heteroatoms. The van der Waals surface area contributed by atoms with E-state index in [9.17, 15) is 4.79 Å². The molecule has 3 nitrogen and oxygen atoms in total. The fourth-order valence-electron chi connectivity index (χ4n) is 4.80. The van der Waals surface area contributed by atoms with Crippen LogP contribution in [0.25, 0.3) is 0 Å². The Balaban J connectivity index is 1.61. The van der Waals surface area contributed by atoms with E-state index in [2.05, 4.69) is 35.2 Å². The Kier molecular flexibility index (Phi) is 6.92. The van der Waals surface area contributed by atoms with Crippen molar-refractivity contribution in [3.05, 3.63) is 35.9 Å². The summed E-state index contributed by atoms with van der Waals surface area (Å²) < 4.78 is 5.35. The Hall–Kier alpha value is -1.35. The van der Waals surface area contributed by atoms with Gasteiger partial charge in [-0.2, -0.15) is 0 Å². The number of nitrogens with zero attached hydrogens (tertiary/aromatic N) is 1. The van der Waals surface area contributed by atoms with Gasteiger partial charge in [-0.05, 0) is 57.1 Å². The Morgan fingerprint density at radius 2 is 1.96 bits per heavy atom. The molecular weight excluding hydrogens is 310 g/mol. The quantitative estimate of drug-likeness (QED) is 0.715. The molecule has 3 rings (SSSR count). The van der Waals surface area contributed by atoms with Crippen molar-refractivity contribution in [2.75, 3.05) is 19.7 Å². The molecular formula is C22H33NO2. The Morgan fingerprint density at radius 3 is 2.76 bits per heavy atom. The van der Waals surface area contributed by atoms with Crippen molar-refractivity contribution in [3.8, 4) is 0 Å². The topological polar surface area (TPSA) is 29.5 Å². The molecule has 1 heterocycles. The first-order valence-electron chi connectivity index (χ1n) is 10.2. The molecule has 1 aromatic rings. The van der Waals surface area contributed by atoms with Crippen molar-refractivity contribution in [2.45, 2.75) is 64.3 Å². The van der Waals surface area contributed by atoms with Gasteiger partial charge in [0.1, 0.15) is 0 Å². The predicted molar refractivity (Wildman–Crippen MR) is 101 cm³/mol. The molecule has 1 aliphatic carbocycles. The highest BCUT2D eigenvalue weighted by molar-refractivity contribution is 5.72. The first kappa shape index (κ1) is 18.4. The van der Waals surface area contributed by atoms with Crippen LogP contribution in [0.5, 0.6) is 0 Å². The van der Waals surface area contributed by atoms with E-state index in [1.54, 1.807) is 0 Å². The van der Waals surface area contributed by atoms with Gasteiger partial charge in [-0.25, -0.2) is 0 Å². The standard InChI is InChI=1S/C22H33NO2/c1-2-25-22(24)20-16-19-13-7-4-8-14-21(19)23(17-20)15-9-12-18-10-5-3-6-11-18/h3,5-6,10-11,19-21H,2,4,7-9,12-17H2,1H3/t19-,20+,21-/m1/s1. The zero-order valence-electron chi connectivity index (χ0n) is 15.7. The summed E-state index contributed by atoms with van der Waals surface area (Å²) in [5, 5.41) is 0. The number of benzene rings is 1. The van der Waals surface area contributed by atoms with Crippen LogP contribution < -0.4 is 0 Å². The molecule has 1 saturated heterocycles. The summed E-state index contributed by atoms with van der Waals surface area (Å²) in [4.78, 5) is 15.0. The van der Waals surface area contributed by atoms with E-state index in [0.29, 0.717) is 18.6 Å². The molecule has 1 saturated carbocycles. The molecule has 2 aliphatic rings. The van der Waals surface area contributed by atoms with E-state index in [0.717, 1.165) is 25.9 Å². The second kappa shape index (κ2) is 9.38. The number of esters is 1. The third-order valence-electron chi connectivity index (χ3n) is 6.00. The van der Waals surface area contributed by atoms with Gasteiger partial charge in [-0.1, -0.05) is 49.6 Å². The first-order chi connectivity index (χ1) is 12.3. The number of piperidine rings is 1. The summed E-state index contributed by atoms with van der Waals surface area (Å²) in [6, 6.07) is 11.4. The molecule has 2 fully saturated rings. The smallest absolute Gasteiger partial charge is 0.310 e. The molecule has 0 amide bonds. The van der Waals surface area contributed by atoms with Gasteiger partial charge in [0.05, 0.1) is 12.5 Å². The Bertz CT molecular complexity index is 530. The van der Waals surface area contributed by atoms with E-state index in [4.69, 9.17) is 4.74 Å². The number of carbonyl (C=O) groups is 1. The molecule has 1 aliphatic heterocycles. The summed E-state index contributed by atoms with van der Waals surface area (Å²) >= 11 is 0. The fourth-order valence-corrected chi connectivity index (χ4v) is 4.80. The average molecular weight is 344 g/mol. The molecule has 0 spiro atoms. The number of rotatable bonds is 6. The molecule has 138 valence electrons. The Labute approximate surface area is 152 Å². The molecule has 0 aromatic heterocycles. The number of fused-ring (bicyclic) bond motifs is 1. The predicted octanol–water partition coefficient (Wildman–Crippen LogP) is 4.45. The van der Waals surface area contributed by atoms with Crippen LogP contribution in [0.1, 0.15) is 57.4 Å². The van der Waals surface area contributed by atoms with E-state index >= 15 is 0 Å². The lowest BCUT2D eigenvalue weighted by molar-refractivity contribution is -0.152. The summed E-state index contributed by atoms with van der Waals surface area (Å²) in [6.45, 7) is 4.41. The summed E-state index contributed by atoms with van der Waals surface area (Å²) in [6.07, 6.45) is 9.96. The van der Waals surface area contributed by atoms with Gasteiger partial charge in [0.2, 0.25) is 0 Å². The summed E-state index contributed by atoms with van der Waals surface area (Å²) in [5.41, 5.74) is 1.42. The second-order valence-electron chi connectivity index (χ2n) is 7.73. The third-order valence-corrected chi connectivity index (χ3v) is 6.00. The maximum absolute atomic E-state index is 12.4. The lowest BCUT2D eigenvalue weighted by atomic mass is 9.80. The van der Waals surface area contributed by atoms with Crippen LogP contribution in [-0.2, 0) is 16.0 Å². The van der Waals surface area contributed by atoms with Crippen LogP contribution in [0.4, 0.5) is 0 Å². The highest BCUT2D eigenvalue weighted by Crippen LogP contribution is 2.37. The molecule has 25 heavy (non-hydrogen) atoms. The van der Waals surface area contributed by atoms with Crippen LogP contribution in [0.3, 0.4) is 0 Å². The minimum absolute atomic E-state index is 0.0262. The van der Waals surface area contributed by atoms with Crippen molar-refractivity contribution >= 4 is 5.97 Å². The maximum Gasteiger partial charge on any atom is 0.310 e. The first-order valence-corrected chi connectivity index (χ1v) is 10.2. The normalized spacial score (nSPS) is 27.3. The SMILES string of the molecule is CCOC(=O)[C@H]1C[C@H]2CCCCC[C@H]2N(CCCc2ccccc2)C1. The number of carbonyl (C=O) groups excluding carboxylic acids is 1. The van der Waals surface area contributed by atoms with Crippen LogP contribution in [0, 0.1) is 11.8 Å². The molecule has 0 N–H and O–H groups in total. The number of ether oxygens (including phenoxy) is 1. The lowest BCUT2D eigenvalue weighted by Crippen LogP contribution is -2.50. The largest absolute Gasteiger partial charge is 0.466 e. The molecule has 0 bridgehead atoms. The summed E-state index contributed by atoms with van der Waals surface area (Å²) in [7, 11) is 0. The lowest BCUT2D eigenvalue weighted by Gasteiger charge is -2.43. The second-order valence-corrected chi connectivity index (χ2v) is 7.73. The maximum atomic E-state index is 12.4. The molecule has 1 aromatic carbocycles. The van der Waals surface area contributed by atoms with Crippen LogP contribution >= 0.6 is 0 Å². The number of hydrogen-bond donors (Lipinski definition) is 0. The van der Waals surface area contributed by atoms with Gasteiger partial charge in [0.25, 0.3) is 0 Å². The number of likely N-dealkylation sites (tertiary alicyclic amines) is 1. The summed E-state index contributed by atoms with van der Waals surface area (Å²) in [5.74, 6) is 0.789. The monoisotopic (exact) mass is 343 g/mol. The van der Waals surface area contributed by atoms with Gasteiger partial charge >= 0.3 is 5.97 Å². The van der Waals surface area contributed by atoms with E-state index in [-0.39, 0.29) is 11.9 Å². The van der Waals surface area contributed by atoms with Gasteiger partial charge in [-0.15, -0.1) is 0 Å². The van der Waals surface area contributed by atoms with Crippen molar-refractivity contribution in [3.63, 3.8) is 0 Å². The van der Waals surface area contributed by atoms with Crippen LogP contribution in [0.2, 0.25) is 0 Å². The van der Waals surface area contributed by atoms with E-state index < -0.39 is 0 Å². The van der Waals surface area contributed by atoms with Crippen LogP contribution in [0.15, 0.2) is 30.3 Å². The van der Waals surface area contributed by atoms with E-state index in [1.807, 2.05) is 6.92 Å². The van der Waals surface area contributed by atoms with Crippen molar-refractivity contribution in [1.82, 2.24) is 4.90 Å². The molecule has 0 radical (unpaired) electrons. The highest BCUT2D eigenvalue weighted by Gasteiger charge is 2.39. The zero-order chi connectivity index (χ0) is 17.5. The minimum atomic E-state index is 0.0262. The van der Waals surface area contributed by atoms with Crippen molar-refractivity contribution in [2.24, 2.45) is 11.8 Å². The Morgan fingerprint density at radius 1 is 1.16 bits per heavy atom. The van der Waals surface area contributed by atoms with Gasteiger partial charge in [0.15, 0.2) is 0 Å².